The highest BCUT2D eigenvalue weighted by Crippen LogP contribution is 2.38. The minimum atomic E-state index is -0.326. The van der Waals surface area contributed by atoms with Crippen molar-refractivity contribution in [3.05, 3.63) is 182 Å². The molecular formula is C45H30N4. The van der Waals surface area contributed by atoms with Crippen LogP contribution in [0.2, 0.25) is 0 Å². The maximum Gasteiger partial charge on any atom is 0.238 e. The minimum absolute atomic E-state index is 0.116. The molecule has 0 saturated carbocycles. The van der Waals surface area contributed by atoms with E-state index in [0.29, 0.717) is 33.5 Å². The summed E-state index contributed by atoms with van der Waals surface area (Å²) in [5, 5.41) is 1.08. The number of hydrogen-bond acceptors (Lipinski definition) is 3. The predicted molar refractivity (Wildman–Crippen MR) is 201 cm³/mol. The Kier molecular flexibility index (Phi) is 6.09. The second-order valence-corrected chi connectivity index (χ2v) is 11.8. The maximum absolute atomic E-state index is 9.22. The van der Waals surface area contributed by atoms with E-state index in [-0.39, 0.29) is 30.1 Å². The molecule has 0 spiro atoms. The average Bonchev–Trinajstić information content (AvgIpc) is 3.59. The standard InChI is InChI=1S/C45H30N4/c1-4-14-31(15-5-1)33-26-28-34(29-27-33)38-23-13-24-40-39-22-10-11-25-41(39)49(42(38)40)45-47-43(35-18-8-3-9-19-35)46-44(48-45)37-21-12-20-36(30-37)32-16-6-2-7-17-32/h1-30H/i10D,11D,22D,25D. The minimum Gasteiger partial charge on any atom is -0.277 e. The van der Waals surface area contributed by atoms with E-state index in [2.05, 4.69) is 60.7 Å². The third kappa shape index (κ3) is 5.26. The quantitative estimate of drug-likeness (QED) is 0.184. The lowest BCUT2D eigenvalue weighted by Gasteiger charge is -2.13. The summed E-state index contributed by atoms with van der Waals surface area (Å²) in [7, 11) is 0. The lowest BCUT2D eigenvalue weighted by atomic mass is 9.98. The molecule has 4 heteroatoms. The van der Waals surface area contributed by atoms with Gasteiger partial charge in [-0.25, -0.2) is 4.98 Å². The van der Waals surface area contributed by atoms with Crippen LogP contribution in [0.4, 0.5) is 0 Å². The van der Waals surface area contributed by atoms with E-state index in [0.717, 1.165) is 44.5 Å². The van der Waals surface area contributed by atoms with E-state index < -0.39 is 0 Å². The second-order valence-electron chi connectivity index (χ2n) is 11.8. The Bertz CT molecular complexity index is 2800. The van der Waals surface area contributed by atoms with E-state index >= 15 is 0 Å². The first-order valence-electron chi connectivity index (χ1n) is 18.1. The molecule has 0 radical (unpaired) electrons. The smallest absolute Gasteiger partial charge is 0.238 e. The van der Waals surface area contributed by atoms with Crippen LogP contribution in [0.1, 0.15) is 5.48 Å². The molecule has 7 aromatic carbocycles. The molecule has 0 aliphatic heterocycles. The van der Waals surface area contributed by atoms with Gasteiger partial charge >= 0.3 is 0 Å². The van der Waals surface area contributed by atoms with Crippen LogP contribution in [0, 0.1) is 0 Å². The molecule has 0 unspecified atom stereocenters. The van der Waals surface area contributed by atoms with Crippen molar-refractivity contribution in [3.8, 4) is 62.1 Å². The molecular weight excluding hydrogens is 597 g/mol. The Morgan fingerprint density at radius 1 is 0.408 bits per heavy atom. The van der Waals surface area contributed by atoms with Gasteiger partial charge in [-0.15, -0.1) is 0 Å². The first kappa shape index (κ1) is 24.5. The zero-order chi connectivity index (χ0) is 36.1. The summed E-state index contributed by atoms with van der Waals surface area (Å²) in [6.45, 7) is 0. The average molecular weight is 631 g/mol. The second kappa shape index (κ2) is 12.2. The Balaban J connectivity index is 1.35. The molecule has 230 valence electrons. The summed E-state index contributed by atoms with van der Waals surface area (Å²) < 4.78 is 37.4. The monoisotopic (exact) mass is 630 g/mol. The Hall–Kier alpha value is -6.65. The summed E-state index contributed by atoms with van der Waals surface area (Å²) in [6, 6.07) is 51.3. The molecule has 0 atom stereocenters. The fourth-order valence-corrected chi connectivity index (χ4v) is 6.45. The van der Waals surface area contributed by atoms with Gasteiger partial charge in [0, 0.05) is 27.5 Å². The molecule has 9 aromatic rings. The normalized spacial score (nSPS) is 12.4. The number of aromatic nitrogens is 4. The van der Waals surface area contributed by atoms with Crippen molar-refractivity contribution in [2.45, 2.75) is 0 Å². The fourth-order valence-electron chi connectivity index (χ4n) is 6.45. The molecule has 0 aliphatic carbocycles. The van der Waals surface area contributed by atoms with Crippen LogP contribution in [0.25, 0.3) is 83.9 Å². The number of rotatable bonds is 6. The Morgan fingerprint density at radius 2 is 0.939 bits per heavy atom. The van der Waals surface area contributed by atoms with Crippen LogP contribution in [-0.4, -0.2) is 19.5 Å². The van der Waals surface area contributed by atoms with Gasteiger partial charge in [0.1, 0.15) is 0 Å². The van der Waals surface area contributed by atoms with E-state index in [1.807, 2.05) is 97.1 Å². The number of nitrogens with zero attached hydrogens (tertiary/aromatic N) is 4. The van der Waals surface area contributed by atoms with Gasteiger partial charge in [0.2, 0.25) is 5.95 Å². The van der Waals surface area contributed by atoms with Crippen molar-refractivity contribution in [1.29, 1.82) is 0 Å². The third-order valence-electron chi connectivity index (χ3n) is 8.81. The van der Waals surface area contributed by atoms with Crippen LogP contribution >= 0.6 is 0 Å². The van der Waals surface area contributed by atoms with Gasteiger partial charge in [0.05, 0.1) is 16.5 Å². The van der Waals surface area contributed by atoms with Crippen LogP contribution in [-0.2, 0) is 0 Å². The van der Waals surface area contributed by atoms with E-state index in [4.69, 9.17) is 19.1 Å². The van der Waals surface area contributed by atoms with E-state index in [1.54, 1.807) is 4.57 Å². The van der Waals surface area contributed by atoms with Crippen LogP contribution < -0.4 is 0 Å². The highest BCUT2D eigenvalue weighted by Gasteiger charge is 2.20. The first-order chi connectivity index (χ1) is 26.0. The Morgan fingerprint density at radius 3 is 1.65 bits per heavy atom. The van der Waals surface area contributed by atoms with Gasteiger partial charge < -0.3 is 0 Å². The van der Waals surface area contributed by atoms with Crippen molar-refractivity contribution < 1.29 is 5.48 Å². The van der Waals surface area contributed by atoms with Gasteiger partial charge in [-0.2, -0.15) is 9.97 Å². The first-order valence-corrected chi connectivity index (χ1v) is 16.1. The lowest BCUT2D eigenvalue weighted by molar-refractivity contribution is 0.954. The van der Waals surface area contributed by atoms with Crippen molar-refractivity contribution in [3.63, 3.8) is 0 Å². The van der Waals surface area contributed by atoms with Crippen molar-refractivity contribution in [2.75, 3.05) is 0 Å². The van der Waals surface area contributed by atoms with Gasteiger partial charge in [-0.3, -0.25) is 4.57 Å². The predicted octanol–water partition coefficient (Wildman–Crippen LogP) is 11.3. The zero-order valence-electron chi connectivity index (χ0n) is 30.3. The SMILES string of the molecule is [2H]c1c([2H])c([2H])c2c(c1[2H])c1cccc(-c3ccc(-c4ccccc4)cc3)c1n2-c1nc(-c2ccccc2)nc(-c2cccc(-c3ccccc3)c2)n1. The molecule has 0 N–H and O–H groups in total. The third-order valence-corrected chi connectivity index (χ3v) is 8.81. The molecule has 2 aromatic heterocycles. The summed E-state index contributed by atoms with van der Waals surface area (Å²) >= 11 is 0. The summed E-state index contributed by atoms with van der Waals surface area (Å²) in [4.78, 5) is 15.1. The number of fused-ring (bicyclic) bond motifs is 3. The lowest BCUT2D eigenvalue weighted by Crippen LogP contribution is -2.07. The topological polar surface area (TPSA) is 43.6 Å². The van der Waals surface area contributed by atoms with Crippen LogP contribution in [0.5, 0.6) is 0 Å². The fraction of sp³-hybridized carbons (Fsp3) is 0. The maximum atomic E-state index is 9.22. The molecule has 0 bridgehead atoms. The molecule has 0 saturated heterocycles. The molecule has 2 heterocycles. The molecule has 49 heavy (non-hydrogen) atoms. The van der Waals surface area contributed by atoms with Crippen LogP contribution in [0.3, 0.4) is 0 Å². The van der Waals surface area contributed by atoms with E-state index in [9.17, 15) is 1.37 Å². The Labute approximate surface area is 290 Å². The van der Waals surface area contributed by atoms with Gasteiger partial charge in [-0.1, -0.05) is 170 Å². The number of hydrogen-bond donors (Lipinski definition) is 0. The number of benzene rings is 7. The molecule has 0 fully saturated rings. The molecule has 9 rings (SSSR count). The van der Waals surface area contributed by atoms with Crippen LogP contribution in [0.15, 0.2) is 182 Å². The summed E-state index contributed by atoms with van der Waals surface area (Å²) in [6.07, 6.45) is 0. The van der Waals surface area contributed by atoms with Gasteiger partial charge in [-0.05, 0) is 39.9 Å². The molecule has 0 aliphatic rings. The van der Waals surface area contributed by atoms with Gasteiger partial charge in [0.15, 0.2) is 11.6 Å². The highest BCUT2D eigenvalue weighted by molar-refractivity contribution is 6.13. The van der Waals surface area contributed by atoms with Crippen molar-refractivity contribution >= 4 is 21.8 Å². The summed E-state index contributed by atoms with van der Waals surface area (Å²) in [5.74, 6) is 1.13. The largest absolute Gasteiger partial charge is 0.277 e. The highest BCUT2D eigenvalue weighted by atomic mass is 15.2. The summed E-state index contributed by atoms with van der Waals surface area (Å²) in [5.41, 5.74) is 8.57. The number of para-hydroxylation sites is 2. The van der Waals surface area contributed by atoms with Crippen molar-refractivity contribution in [1.82, 2.24) is 19.5 Å². The van der Waals surface area contributed by atoms with E-state index in [1.165, 1.54) is 0 Å². The molecule has 4 nitrogen and oxygen atoms in total. The van der Waals surface area contributed by atoms with Gasteiger partial charge in [0.25, 0.3) is 0 Å². The molecule has 0 amide bonds. The van der Waals surface area contributed by atoms with Crippen molar-refractivity contribution in [2.24, 2.45) is 0 Å². The zero-order valence-corrected chi connectivity index (χ0v) is 26.3.